The molecule has 1 aromatic rings. The Morgan fingerprint density at radius 2 is 2.18 bits per heavy atom. The minimum absolute atomic E-state index is 0.0917. The lowest BCUT2D eigenvalue weighted by Crippen LogP contribution is -2.35. The summed E-state index contributed by atoms with van der Waals surface area (Å²) in [6.45, 7) is 3.41. The van der Waals surface area contributed by atoms with Gasteiger partial charge in [-0.2, -0.15) is 0 Å². The Bertz CT molecular complexity index is 451. The molecule has 0 heterocycles. The minimum atomic E-state index is -0.695. The van der Waals surface area contributed by atoms with Crippen LogP contribution in [0.4, 0.5) is 5.69 Å². The number of nitrogens with one attached hydrogen (secondary N) is 1. The summed E-state index contributed by atoms with van der Waals surface area (Å²) in [5.41, 5.74) is -0.846. The third kappa shape index (κ3) is 3.99. The Morgan fingerprint density at radius 3 is 2.71 bits per heavy atom. The van der Waals surface area contributed by atoms with E-state index in [4.69, 9.17) is 11.6 Å². The van der Waals surface area contributed by atoms with Crippen LogP contribution in [-0.4, -0.2) is 16.7 Å². The first kappa shape index (κ1) is 14.0. The third-order valence-electron chi connectivity index (χ3n) is 1.84. The van der Waals surface area contributed by atoms with Gasteiger partial charge in [0, 0.05) is 11.0 Å². The molecule has 1 N–H and O–H groups in total. The van der Waals surface area contributed by atoms with Gasteiger partial charge in [0.15, 0.2) is 0 Å². The van der Waals surface area contributed by atoms with E-state index in [1.165, 1.54) is 12.1 Å². The van der Waals surface area contributed by atoms with Crippen LogP contribution in [0.3, 0.4) is 0 Å². The van der Waals surface area contributed by atoms with Crippen molar-refractivity contribution in [3.63, 3.8) is 0 Å². The van der Waals surface area contributed by atoms with Crippen LogP contribution < -0.4 is 4.72 Å². The molecule has 1 rings (SSSR count). The van der Waals surface area contributed by atoms with Crippen molar-refractivity contribution >= 4 is 35.5 Å². The van der Waals surface area contributed by atoms with Gasteiger partial charge in [-0.3, -0.25) is 10.1 Å². The molecule has 7 heteroatoms. The fourth-order valence-corrected chi connectivity index (χ4v) is 1.83. The number of benzene rings is 1. The maximum atomic E-state index is 10.7. The monoisotopic (exact) mass is 274 g/mol. The Kier molecular flexibility index (Phi) is 4.50. The van der Waals surface area contributed by atoms with Gasteiger partial charge in [-0.05, 0) is 37.9 Å². The molecular weight excluding hydrogens is 264 g/mol. The highest BCUT2D eigenvalue weighted by Crippen LogP contribution is 2.29. The first-order chi connectivity index (χ1) is 7.85. The van der Waals surface area contributed by atoms with Gasteiger partial charge in [-0.15, -0.1) is 0 Å². The van der Waals surface area contributed by atoms with Gasteiger partial charge in [-0.1, -0.05) is 11.6 Å². The van der Waals surface area contributed by atoms with Gasteiger partial charge in [0.2, 0.25) is 0 Å². The van der Waals surface area contributed by atoms with Crippen LogP contribution in [-0.2, 0) is 4.79 Å². The van der Waals surface area contributed by atoms with Gasteiger partial charge in [0.05, 0.1) is 10.5 Å². The van der Waals surface area contributed by atoms with Gasteiger partial charge in [0.1, 0.15) is 11.3 Å². The lowest BCUT2D eigenvalue weighted by atomic mass is 10.1. The van der Waals surface area contributed by atoms with Crippen molar-refractivity contribution < 1.29 is 9.72 Å². The highest BCUT2D eigenvalue weighted by molar-refractivity contribution is 7.97. The normalized spacial score (nSPS) is 11.2. The van der Waals surface area contributed by atoms with Crippen molar-refractivity contribution in [3.05, 3.63) is 33.3 Å². The van der Waals surface area contributed by atoms with E-state index in [2.05, 4.69) is 4.72 Å². The average Bonchev–Trinajstić information content (AvgIpc) is 2.27. The molecule has 0 spiro atoms. The SMILES string of the molecule is CC(C)(C=O)NSc1ccc(Cl)c([N+](=O)[O-])c1. The number of carbonyl (C=O) groups is 1. The van der Waals surface area contributed by atoms with Crippen LogP contribution in [0.1, 0.15) is 13.8 Å². The summed E-state index contributed by atoms with van der Waals surface area (Å²) in [6, 6.07) is 4.46. The first-order valence-electron chi connectivity index (χ1n) is 4.70. The summed E-state index contributed by atoms with van der Waals surface area (Å²) < 4.78 is 2.89. The summed E-state index contributed by atoms with van der Waals surface area (Å²) in [5, 5.41) is 10.8. The van der Waals surface area contributed by atoms with E-state index in [0.717, 1.165) is 18.2 Å². The lowest BCUT2D eigenvalue weighted by molar-refractivity contribution is -0.384. The topological polar surface area (TPSA) is 72.2 Å². The van der Waals surface area contributed by atoms with Gasteiger partial charge in [-0.25, -0.2) is 4.72 Å². The van der Waals surface area contributed by atoms with E-state index in [1.807, 2.05) is 0 Å². The molecule has 0 radical (unpaired) electrons. The molecule has 0 aliphatic carbocycles. The highest BCUT2D eigenvalue weighted by atomic mass is 35.5. The molecule has 0 saturated heterocycles. The molecule has 0 aromatic heterocycles. The summed E-state index contributed by atoms with van der Waals surface area (Å²) in [7, 11) is 0. The molecule has 0 fully saturated rings. The smallest absolute Gasteiger partial charge is 0.289 e. The summed E-state index contributed by atoms with van der Waals surface area (Å²) in [5.74, 6) is 0. The van der Waals surface area contributed by atoms with Crippen LogP contribution in [0, 0.1) is 10.1 Å². The number of nitro benzene ring substituents is 1. The Balaban J connectivity index is 2.83. The van der Waals surface area contributed by atoms with Crippen molar-refractivity contribution in [2.75, 3.05) is 0 Å². The number of hydrogen-bond acceptors (Lipinski definition) is 5. The second-order valence-electron chi connectivity index (χ2n) is 3.91. The van der Waals surface area contributed by atoms with E-state index >= 15 is 0 Å². The zero-order valence-corrected chi connectivity index (χ0v) is 10.8. The molecule has 17 heavy (non-hydrogen) atoms. The molecule has 0 unspecified atom stereocenters. The summed E-state index contributed by atoms with van der Waals surface area (Å²) in [6.07, 6.45) is 0.768. The van der Waals surface area contributed by atoms with E-state index in [-0.39, 0.29) is 10.7 Å². The molecule has 0 bridgehead atoms. The summed E-state index contributed by atoms with van der Waals surface area (Å²) in [4.78, 5) is 21.4. The first-order valence-corrected chi connectivity index (χ1v) is 5.89. The number of hydrogen-bond donors (Lipinski definition) is 1. The third-order valence-corrected chi connectivity index (χ3v) is 3.28. The van der Waals surface area contributed by atoms with Crippen LogP contribution >= 0.6 is 23.5 Å². The highest BCUT2D eigenvalue weighted by Gasteiger charge is 2.17. The standard InChI is InChI=1S/C10H11ClN2O3S/c1-10(2,6-14)12-17-7-3-4-8(11)9(5-7)13(15)16/h3-6,12H,1-2H3. The second kappa shape index (κ2) is 5.48. The number of aldehydes is 1. The largest absolute Gasteiger partial charge is 0.301 e. The lowest BCUT2D eigenvalue weighted by Gasteiger charge is -2.17. The van der Waals surface area contributed by atoms with Gasteiger partial charge >= 0.3 is 0 Å². The van der Waals surface area contributed by atoms with E-state index in [9.17, 15) is 14.9 Å². The Morgan fingerprint density at radius 1 is 1.53 bits per heavy atom. The average molecular weight is 275 g/mol. The van der Waals surface area contributed by atoms with Crippen molar-refractivity contribution in [2.24, 2.45) is 0 Å². The van der Waals surface area contributed by atoms with E-state index in [0.29, 0.717) is 4.90 Å². The quantitative estimate of drug-likeness (QED) is 0.387. The number of rotatable bonds is 5. The molecule has 1 aromatic carbocycles. The molecule has 5 nitrogen and oxygen atoms in total. The number of nitro groups is 1. The maximum Gasteiger partial charge on any atom is 0.289 e. The van der Waals surface area contributed by atoms with E-state index < -0.39 is 10.5 Å². The van der Waals surface area contributed by atoms with Gasteiger partial charge < -0.3 is 4.79 Å². The predicted octanol–water partition coefficient (Wildman–Crippen LogP) is 2.82. The number of halogens is 1. The number of nitrogens with zero attached hydrogens (tertiary/aromatic N) is 1. The second-order valence-corrected chi connectivity index (χ2v) is 5.20. The number of carbonyl (C=O) groups excluding carboxylic acids is 1. The van der Waals surface area contributed by atoms with Crippen molar-refractivity contribution in [1.29, 1.82) is 0 Å². The molecule has 0 saturated carbocycles. The molecular formula is C10H11ClN2O3S. The fourth-order valence-electron chi connectivity index (χ4n) is 0.910. The molecule has 0 aliphatic heterocycles. The Labute approximate surface area is 108 Å². The predicted molar refractivity (Wildman–Crippen MR) is 67.2 cm³/mol. The zero-order chi connectivity index (χ0) is 13.1. The van der Waals surface area contributed by atoms with Crippen molar-refractivity contribution in [3.8, 4) is 0 Å². The molecule has 92 valence electrons. The van der Waals surface area contributed by atoms with Crippen LogP contribution in [0.5, 0.6) is 0 Å². The van der Waals surface area contributed by atoms with Crippen LogP contribution in [0.15, 0.2) is 23.1 Å². The fraction of sp³-hybridized carbons (Fsp3) is 0.300. The van der Waals surface area contributed by atoms with Crippen molar-refractivity contribution in [2.45, 2.75) is 24.3 Å². The zero-order valence-electron chi connectivity index (χ0n) is 9.27. The molecule has 0 aliphatic rings. The van der Waals surface area contributed by atoms with Crippen LogP contribution in [0.25, 0.3) is 0 Å². The Hall–Kier alpha value is -1.11. The van der Waals surface area contributed by atoms with E-state index in [1.54, 1.807) is 19.9 Å². The molecule has 0 amide bonds. The van der Waals surface area contributed by atoms with Crippen molar-refractivity contribution in [1.82, 2.24) is 4.72 Å². The van der Waals surface area contributed by atoms with Crippen LogP contribution in [0.2, 0.25) is 5.02 Å². The summed E-state index contributed by atoms with van der Waals surface area (Å²) >= 11 is 6.83. The minimum Gasteiger partial charge on any atom is -0.301 e. The maximum absolute atomic E-state index is 10.7. The van der Waals surface area contributed by atoms with Gasteiger partial charge in [0.25, 0.3) is 5.69 Å². The molecule has 0 atom stereocenters.